The Labute approximate surface area is 99.5 Å². The summed E-state index contributed by atoms with van der Waals surface area (Å²) >= 11 is 0. The fourth-order valence-electron chi connectivity index (χ4n) is 1.14. The molecule has 1 aromatic rings. The van der Waals surface area contributed by atoms with Crippen LogP contribution >= 0.6 is 0 Å². The quantitative estimate of drug-likeness (QED) is 0.615. The second-order valence-electron chi connectivity index (χ2n) is 3.39. The fourth-order valence-corrected chi connectivity index (χ4v) is 1.14. The average molecular weight is 268 g/mol. The van der Waals surface area contributed by atoms with Crippen LogP contribution in [-0.2, 0) is 6.54 Å². The number of ether oxygens (including phenoxy) is 1. The number of halogens is 3. The first-order chi connectivity index (χ1) is 8.33. The van der Waals surface area contributed by atoms with Gasteiger partial charge in [0.05, 0.1) is 4.92 Å². The van der Waals surface area contributed by atoms with Gasteiger partial charge < -0.3 is 10.5 Å². The molecule has 7 nitrogen and oxygen atoms in total. The molecule has 18 heavy (non-hydrogen) atoms. The second-order valence-corrected chi connectivity index (χ2v) is 3.39. The Kier molecular flexibility index (Phi) is 4.48. The molecule has 0 aliphatic carbocycles. The van der Waals surface area contributed by atoms with Gasteiger partial charge in [-0.1, -0.05) is 0 Å². The SMILES string of the molecule is NCCCn1cc([N+](=O)[O-])c(OCC(F)(F)F)n1. The van der Waals surface area contributed by atoms with Crippen molar-refractivity contribution in [1.29, 1.82) is 0 Å². The molecule has 1 heterocycles. The molecule has 0 spiro atoms. The van der Waals surface area contributed by atoms with Gasteiger partial charge in [0, 0.05) is 6.54 Å². The van der Waals surface area contributed by atoms with Crippen LogP contribution in [0.2, 0.25) is 0 Å². The van der Waals surface area contributed by atoms with E-state index in [4.69, 9.17) is 5.73 Å². The van der Waals surface area contributed by atoms with Crippen LogP contribution in [0, 0.1) is 10.1 Å². The van der Waals surface area contributed by atoms with Crippen molar-refractivity contribution in [2.24, 2.45) is 5.73 Å². The predicted octanol–water partition coefficient (Wildman–Crippen LogP) is 1.08. The molecule has 0 aromatic carbocycles. The van der Waals surface area contributed by atoms with Crippen LogP contribution in [0.3, 0.4) is 0 Å². The summed E-state index contributed by atoms with van der Waals surface area (Å²) in [6.07, 6.45) is -3.06. The number of nitrogens with two attached hydrogens (primary N) is 1. The molecule has 1 rings (SSSR count). The van der Waals surface area contributed by atoms with Crippen molar-refractivity contribution >= 4 is 5.69 Å². The fraction of sp³-hybridized carbons (Fsp3) is 0.625. The third-order valence-corrected chi connectivity index (χ3v) is 1.87. The van der Waals surface area contributed by atoms with Gasteiger partial charge >= 0.3 is 17.7 Å². The lowest BCUT2D eigenvalue weighted by Crippen LogP contribution is -2.19. The number of rotatable bonds is 6. The van der Waals surface area contributed by atoms with E-state index in [0.717, 1.165) is 10.9 Å². The van der Waals surface area contributed by atoms with Crippen LogP contribution in [0.4, 0.5) is 18.9 Å². The predicted molar refractivity (Wildman–Crippen MR) is 54.1 cm³/mol. The van der Waals surface area contributed by atoms with Crippen molar-refractivity contribution in [2.45, 2.75) is 19.1 Å². The van der Waals surface area contributed by atoms with Gasteiger partial charge in [0.15, 0.2) is 6.61 Å². The van der Waals surface area contributed by atoms with Crippen LogP contribution in [-0.4, -0.2) is 34.0 Å². The minimum Gasteiger partial charge on any atom is -0.462 e. The van der Waals surface area contributed by atoms with E-state index in [1.807, 2.05) is 0 Å². The summed E-state index contributed by atoms with van der Waals surface area (Å²) in [6.45, 7) is -1.01. The van der Waals surface area contributed by atoms with E-state index in [9.17, 15) is 23.3 Å². The molecule has 102 valence electrons. The highest BCUT2D eigenvalue weighted by atomic mass is 19.4. The highest BCUT2D eigenvalue weighted by Gasteiger charge is 2.31. The lowest BCUT2D eigenvalue weighted by atomic mass is 10.4. The van der Waals surface area contributed by atoms with E-state index >= 15 is 0 Å². The van der Waals surface area contributed by atoms with Gasteiger partial charge in [0.1, 0.15) is 6.20 Å². The Hall–Kier alpha value is -1.84. The van der Waals surface area contributed by atoms with Gasteiger partial charge in [-0.25, -0.2) is 0 Å². The lowest BCUT2D eigenvalue weighted by molar-refractivity contribution is -0.386. The number of aromatic nitrogens is 2. The van der Waals surface area contributed by atoms with E-state index in [0.29, 0.717) is 13.0 Å². The van der Waals surface area contributed by atoms with Gasteiger partial charge in [-0.2, -0.15) is 13.2 Å². The van der Waals surface area contributed by atoms with E-state index in [-0.39, 0.29) is 6.54 Å². The summed E-state index contributed by atoms with van der Waals surface area (Å²) < 4.78 is 41.2. The van der Waals surface area contributed by atoms with E-state index in [2.05, 4.69) is 9.84 Å². The Morgan fingerprint density at radius 1 is 1.56 bits per heavy atom. The molecule has 0 unspecified atom stereocenters. The van der Waals surface area contributed by atoms with Crippen molar-refractivity contribution in [1.82, 2.24) is 9.78 Å². The number of aryl methyl sites for hydroxylation is 1. The number of nitrogens with zero attached hydrogens (tertiary/aromatic N) is 3. The molecule has 1 aromatic heterocycles. The molecule has 0 aliphatic rings. The van der Waals surface area contributed by atoms with Gasteiger partial charge in [0.25, 0.3) is 0 Å². The van der Waals surface area contributed by atoms with E-state index in [1.54, 1.807) is 0 Å². The first kappa shape index (κ1) is 14.2. The van der Waals surface area contributed by atoms with Crippen molar-refractivity contribution in [2.75, 3.05) is 13.2 Å². The zero-order valence-electron chi connectivity index (χ0n) is 9.18. The molecule has 0 atom stereocenters. The molecule has 0 aliphatic heterocycles. The number of alkyl halides is 3. The van der Waals surface area contributed by atoms with E-state index < -0.39 is 29.3 Å². The third kappa shape index (κ3) is 4.20. The molecular formula is C8H11F3N4O3. The number of nitro groups is 1. The van der Waals surface area contributed by atoms with Crippen LogP contribution in [0.5, 0.6) is 5.88 Å². The first-order valence-electron chi connectivity index (χ1n) is 4.95. The number of hydrogen-bond acceptors (Lipinski definition) is 5. The van der Waals surface area contributed by atoms with Gasteiger partial charge in [-0.3, -0.25) is 14.8 Å². The van der Waals surface area contributed by atoms with Crippen LogP contribution in [0.1, 0.15) is 6.42 Å². The highest BCUT2D eigenvalue weighted by Crippen LogP contribution is 2.26. The highest BCUT2D eigenvalue weighted by molar-refractivity contribution is 5.38. The zero-order chi connectivity index (χ0) is 13.8. The molecule has 0 saturated carbocycles. The molecule has 2 N–H and O–H groups in total. The monoisotopic (exact) mass is 268 g/mol. The maximum Gasteiger partial charge on any atom is 0.422 e. The van der Waals surface area contributed by atoms with Crippen LogP contribution in [0.25, 0.3) is 0 Å². The van der Waals surface area contributed by atoms with E-state index in [1.165, 1.54) is 0 Å². The largest absolute Gasteiger partial charge is 0.462 e. The molecule has 0 bridgehead atoms. The van der Waals surface area contributed by atoms with Crippen molar-refractivity contribution in [3.63, 3.8) is 0 Å². The minimum atomic E-state index is -4.57. The zero-order valence-corrected chi connectivity index (χ0v) is 9.18. The standard InChI is InChI=1S/C8H11F3N4O3/c9-8(10,11)5-18-7-6(15(16)17)4-14(13-7)3-1-2-12/h4H,1-3,5,12H2. The molecule has 10 heteroatoms. The Morgan fingerprint density at radius 3 is 2.72 bits per heavy atom. The van der Waals surface area contributed by atoms with Crippen molar-refractivity contribution in [3.05, 3.63) is 16.3 Å². The Balaban J connectivity index is 2.80. The normalized spacial score (nSPS) is 11.6. The summed E-state index contributed by atoms with van der Waals surface area (Å²) in [5.41, 5.74) is 4.64. The lowest BCUT2D eigenvalue weighted by Gasteiger charge is -2.05. The van der Waals surface area contributed by atoms with Crippen LogP contribution < -0.4 is 10.5 Å². The molecule has 0 saturated heterocycles. The summed E-state index contributed by atoms with van der Waals surface area (Å²) in [5, 5.41) is 14.2. The summed E-state index contributed by atoms with van der Waals surface area (Å²) in [4.78, 5) is 9.75. The second kappa shape index (κ2) is 5.67. The van der Waals surface area contributed by atoms with Crippen LogP contribution in [0.15, 0.2) is 6.20 Å². The average Bonchev–Trinajstić information content (AvgIpc) is 2.66. The van der Waals surface area contributed by atoms with Gasteiger partial charge in [0.2, 0.25) is 0 Å². The third-order valence-electron chi connectivity index (χ3n) is 1.87. The van der Waals surface area contributed by atoms with Gasteiger partial charge in [-0.05, 0) is 13.0 Å². The number of hydrogen-bond donors (Lipinski definition) is 1. The Morgan fingerprint density at radius 2 is 2.22 bits per heavy atom. The summed E-state index contributed by atoms with van der Waals surface area (Å²) in [6, 6.07) is 0. The maximum absolute atomic E-state index is 11.9. The van der Waals surface area contributed by atoms with Crippen molar-refractivity contribution < 1.29 is 22.8 Å². The van der Waals surface area contributed by atoms with Crippen molar-refractivity contribution in [3.8, 4) is 5.88 Å². The maximum atomic E-state index is 11.9. The first-order valence-corrected chi connectivity index (χ1v) is 4.95. The molecular weight excluding hydrogens is 257 g/mol. The molecule has 0 amide bonds. The summed E-state index contributed by atoms with van der Waals surface area (Å²) in [7, 11) is 0. The van der Waals surface area contributed by atoms with Gasteiger partial charge in [-0.15, -0.1) is 5.10 Å². The Bertz CT molecular complexity index is 418. The molecule has 0 fully saturated rings. The smallest absolute Gasteiger partial charge is 0.422 e. The topological polar surface area (TPSA) is 96.2 Å². The minimum absolute atomic E-state index is 0.271. The molecule has 0 radical (unpaired) electrons. The summed E-state index contributed by atoms with van der Waals surface area (Å²) in [5.74, 6) is -0.644.